The number of nitrogens with zero attached hydrogens (tertiary/aromatic N) is 1. The smallest absolute Gasteiger partial charge is 0.119 e. The third kappa shape index (κ3) is 4.48. The van der Waals surface area contributed by atoms with Crippen molar-refractivity contribution >= 4 is 0 Å². The van der Waals surface area contributed by atoms with Gasteiger partial charge in [-0.15, -0.1) is 0 Å². The first-order valence-corrected chi connectivity index (χ1v) is 9.43. The predicted molar refractivity (Wildman–Crippen MR) is 94.1 cm³/mol. The van der Waals surface area contributed by atoms with Gasteiger partial charge >= 0.3 is 0 Å². The molecule has 3 heteroatoms. The fourth-order valence-corrected chi connectivity index (χ4v) is 4.14. The van der Waals surface area contributed by atoms with E-state index in [2.05, 4.69) is 30.0 Å². The second-order valence-corrected chi connectivity index (χ2v) is 7.13. The minimum atomic E-state index is -0.412. The Hall–Kier alpha value is -1.06. The molecule has 0 aliphatic heterocycles. The van der Waals surface area contributed by atoms with Gasteiger partial charge in [-0.3, -0.25) is 4.90 Å². The van der Waals surface area contributed by atoms with E-state index < -0.39 is 6.10 Å². The van der Waals surface area contributed by atoms with Crippen LogP contribution < -0.4 is 4.74 Å². The molecule has 1 N–H and O–H groups in total. The minimum Gasteiger partial charge on any atom is -0.491 e. The van der Waals surface area contributed by atoms with E-state index in [4.69, 9.17) is 4.74 Å². The van der Waals surface area contributed by atoms with E-state index in [0.717, 1.165) is 18.8 Å². The Balaban J connectivity index is 1.47. The summed E-state index contributed by atoms with van der Waals surface area (Å²) in [5.74, 6) is 0.908. The third-order valence-electron chi connectivity index (χ3n) is 5.45. The van der Waals surface area contributed by atoms with E-state index in [9.17, 15) is 5.11 Å². The lowest BCUT2D eigenvalue weighted by molar-refractivity contribution is 0.0463. The van der Waals surface area contributed by atoms with Crippen molar-refractivity contribution in [3.63, 3.8) is 0 Å². The summed E-state index contributed by atoms with van der Waals surface area (Å²) in [5.41, 5.74) is 2.89. The van der Waals surface area contributed by atoms with Gasteiger partial charge in [-0.25, -0.2) is 0 Å². The number of benzene rings is 1. The molecule has 0 aromatic heterocycles. The topological polar surface area (TPSA) is 32.7 Å². The summed E-state index contributed by atoms with van der Waals surface area (Å²) in [6.07, 6.45) is 9.83. The van der Waals surface area contributed by atoms with Gasteiger partial charge in [-0.1, -0.05) is 32.3 Å². The van der Waals surface area contributed by atoms with Crippen molar-refractivity contribution in [2.24, 2.45) is 0 Å². The summed E-state index contributed by atoms with van der Waals surface area (Å²) in [6.45, 7) is 4.33. The number of aliphatic hydroxyl groups excluding tert-OH is 1. The lowest BCUT2D eigenvalue weighted by atomic mass is 9.94. The summed E-state index contributed by atoms with van der Waals surface area (Å²) in [4.78, 5) is 2.44. The summed E-state index contributed by atoms with van der Waals surface area (Å²) in [6, 6.07) is 7.05. The maximum Gasteiger partial charge on any atom is 0.119 e. The Bertz CT molecular complexity index is 496. The molecule has 23 heavy (non-hydrogen) atoms. The highest BCUT2D eigenvalue weighted by Crippen LogP contribution is 2.26. The van der Waals surface area contributed by atoms with Crippen LogP contribution in [-0.2, 0) is 12.8 Å². The summed E-state index contributed by atoms with van der Waals surface area (Å²) >= 11 is 0. The molecule has 0 heterocycles. The maximum absolute atomic E-state index is 10.4. The molecule has 0 bridgehead atoms. The fraction of sp³-hybridized carbons (Fsp3) is 0.700. The van der Waals surface area contributed by atoms with E-state index in [1.807, 2.05) is 0 Å². The van der Waals surface area contributed by atoms with Crippen LogP contribution in [0.3, 0.4) is 0 Å². The van der Waals surface area contributed by atoms with Crippen molar-refractivity contribution in [3.8, 4) is 5.75 Å². The molecular formula is C20H31NO2. The Morgan fingerprint density at radius 3 is 2.70 bits per heavy atom. The second-order valence-electron chi connectivity index (χ2n) is 7.13. The van der Waals surface area contributed by atoms with E-state index in [1.165, 1.54) is 62.5 Å². The van der Waals surface area contributed by atoms with Crippen molar-refractivity contribution < 1.29 is 9.84 Å². The molecular weight excluding hydrogens is 286 g/mol. The molecule has 128 valence electrons. The Labute approximate surface area is 140 Å². The van der Waals surface area contributed by atoms with Crippen molar-refractivity contribution in [1.29, 1.82) is 0 Å². The van der Waals surface area contributed by atoms with Gasteiger partial charge < -0.3 is 9.84 Å². The van der Waals surface area contributed by atoms with Gasteiger partial charge in [0.05, 0.1) is 0 Å². The molecule has 1 fully saturated rings. The van der Waals surface area contributed by atoms with Crippen LogP contribution in [0.1, 0.15) is 56.6 Å². The van der Waals surface area contributed by atoms with E-state index >= 15 is 0 Å². The number of aliphatic hydroxyl groups is 1. The first-order chi connectivity index (χ1) is 11.3. The second kappa shape index (κ2) is 8.16. The maximum atomic E-state index is 10.4. The molecule has 3 nitrogen and oxygen atoms in total. The van der Waals surface area contributed by atoms with Gasteiger partial charge in [0.25, 0.3) is 0 Å². The van der Waals surface area contributed by atoms with Crippen molar-refractivity contribution in [2.75, 3.05) is 19.7 Å². The van der Waals surface area contributed by atoms with Crippen LogP contribution in [-0.4, -0.2) is 41.8 Å². The van der Waals surface area contributed by atoms with Crippen LogP contribution >= 0.6 is 0 Å². The average molecular weight is 317 g/mol. The molecule has 0 spiro atoms. The molecule has 1 aromatic carbocycles. The molecule has 2 aliphatic carbocycles. The number of ether oxygens (including phenoxy) is 1. The van der Waals surface area contributed by atoms with Gasteiger partial charge in [-0.05, 0) is 61.9 Å². The quantitative estimate of drug-likeness (QED) is 0.834. The molecule has 2 aliphatic rings. The van der Waals surface area contributed by atoms with Crippen molar-refractivity contribution in [3.05, 3.63) is 29.3 Å². The number of likely N-dealkylation sites (N-methyl/N-ethyl adjacent to an activating group) is 1. The van der Waals surface area contributed by atoms with Crippen LogP contribution in [0, 0.1) is 0 Å². The molecule has 1 atom stereocenters. The summed E-state index contributed by atoms with van der Waals surface area (Å²) in [7, 11) is 0. The Kier molecular flexibility index (Phi) is 5.96. The van der Waals surface area contributed by atoms with Crippen LogP contribution in [0.4, 0.5) is 0 Å². The predicted octanol–water partition coefficient (Wildman–Crippen LogP) is 3.57. The van der Waals surface area contributed by atoms with Gasteiger partial charge in [0, 0.05) is 12.6 Å². The largest absolute Gasteiger partial charge is 0.491 e. The molecule has 0 saturated heterocycles. The molecule has 1 aromatic rings. The Morgan fingerprint density at radius 2 is 1.91 bits per heavy atom. The lowest BCUT2D eigenvalue weighted by Gasteiger charge is -2.34. The monoisotopic (exact) mass is 317 g/mol. The highest BCUT2D eigenvalue weighted by Gasteiger charge is 2.22. The Morgan fingerprint density at radius 1 is 1.13 bits per heavy atom. The van der Waals surface area contributed by atoms with Gasteiger partial charge in [0.2, 0.25) is 0 Å². The molecule has 0 unspecified atom stereocenters. The van der Waals surface area contributed by atoms with Crippen LogP contribution in [0.15, 0.2) is 18.2 Å². The zero-order valence-electron chi connectivity index (χ0n) is 14.5. The fourth-order valence-electron chi connectivity index (χ4n) is 4.14. The van der Waals surface area contributed by atoms with E-state index in [1.54, 1.807) is 0 Å². The number of rotatable bonds is 7. The number of fused-ring (bicyclic) bond motifs is 1. The van der Waals surface area contributed by atoms with Crippen LogP contribution in [0.5, 0.6) is 5.75 Å². The standard InChI is InChI=1S/C20H31NO2/c1-2-21(18-9-4-3-5-10-18)14-19(22)15-23-20-12-11-16-7-6-8-17(16)13-20/h11-13,18-19,22H,2-10,14-15H2,1H3/t19-/m0/s1. The normalized spacial score (nSPS) is 19.8. The lowest BCUT2D eigenvalue weighted by Crippen LogP contribution is -2.43. The summed E-state index contributed by atoms with van der Waals surface area (Å²) in [5, 5.41) is 10.4. The third-order valence-corrected chi connectivity index (χ3v) is 5.45. The van der Waals surface area contributed by atoms with Crippen molar-refractivity contribution in [2.45, 2.75) is 70.4 Å². The number of hydrogen-bond donors (Lipinski definition) is 1. The molecule has 3 rings (SSSR count). The number of aryl methyl sites for hydroxylation is 2. The minimum absolute atomic E-state index is 0.391. The van der Waals surface area contributed by atoms with E-state index in [-0.39, 0.29) is 0 Å². The van der Waals surface area contributed by atoms with Gasteiger partial charge in [0.15, 0.2) is 0 Å². The molecule has 1 saturated carbocycles. The zero-order chi connectivity index (χ0) is 16.1. The molecule has 0 amide bonds. The molecule has 0 radical (unpaired) electrons. The van der Waals surface area contributed by atoms with Crippen LogP contribution in [0.25, 0.3) is 0 Å². The van der Waals surface area contributed by atoms with Crippen molar-refractivity contribution in [1.82, 2.24) is 4.90 Å². The number of hydrogen-bond acceptors (Lipinski definition) is 3. The summed E-state index contributed by atoms with van der Waals surface area (Å²) < 4.78 is 5.85. The highest BCUT2D eigenvalue weighted by molar-refractivity contribution is 5.38. The van der Waals surface area contributed by atoms with Gasteiger partial charge in [-0.2, -0.15) is 0 Å². The first-order valence-electron chi connectivity index (χ1n) is 9.43. The first kappa shape index (κ1) is 16.8. The highest BCUT2D eigenvalue weighted by atomic mass is 16.5. The van der Waals surface area contributed by atoms with Crippen LogP contribution in [0.2, 0.25) is 0 Å². The van der Waals surface area contributed by atoms with Gasteiger partial charge in [0.1, 0.15) is 18.5 Å². The van der Waals surface area contributed by atoms with E-state index in [0.29, 0.717) is 12.6 Å². The zero-order valence-corrected chi connectivity index (χ0v) is 14.5. The average Bonchev–Trinajstić information content (AvgIpc) is 3.06. The SMILES string of the molecule is CCN(C[C@H](O)COc1ccc2c(c1)CCC2)C1CCCCC1.